The topological polar surface area (TPSA) is 55.2 Å². The zero-order valence-corrected chi connectivity index (χ0v) is 17.1. The summed E-state index contributed by atoms with van der Waals surface area (Å²) >= 11 is 1.38. The van der Waals surface area contributed by atoms with Crippen molar-refractivity contribution in [2.75, 3.05) is 6.26 Å². The lowest BCUT2D eigenvalue weighted by Crippen LogP contribution is -2.11. The van der Waals surface area contributed by atoms with Crippen molar-refractivity contribution in [1.29, 1.82) is 0 Å². The van der Waals surface area contributed by atoms with Gasteiger partial charge in [0.05, 0.1) is 15.0 Å². The monoisotopic (exact) mass is 427 g/mol. The summed E-state index contributed by atoms with van der Waals surface area (Å²) < 4.78 is 55.3. The SMILES string of the molecule is CC(c1ccc(C(F)(F)F)nc1)S(C)(=O)=Nc1ncc(CC2=CCCC=C2)s1. The highest BCUT2D eigenvalue weighted by atomic mass is 32.2. The molecule has 0 bridgehead atoms. The van der Waals surface area contributed by atoms with Gasteiger partial charge in [-0.2, -0.15) is 17.5 Å². The molecule has 0 saturated carbocycles. The molecule has 0 N–H and O–H groups in total. The smallest absolute Gasteiger partial charge is 0.251 e. The predicted octanol–water partition coefficient (Wildman–Crippen LogP) is 5.87. The van der Waals surface area contributed by atoms with Gasteiger partial charge in [-0.15, -0.1) is 0 Å². The second kappa shape index (κ2) is 8.16. The van der Waals surface area contributed by atoms with Crippen molar-refractivity contribution < 1.29 is 17.4 Å². The van der Waals surface area contributed by atoms with Gasteiger partial charge < -0.3 is 0 Å². The van der Waals surface area contributed by atoms with Crippen LogP contribution in [0.5, 0.6) is 0 Å². The molecule has 1 aliphatic carbocycles. The number of aromatic nitrogens is 2. The number of thiazole rings is 1. The Morgan fingerprint density at radius 3 is 2.64 bits per heavy atom. The van der Waals surface area contributed by atoms with Gasteiger partial charge in [0.25, 0.3) is 0 Å². The van der Waals surface area contributed by atoms with Crippen LogP contribution < -0.4 is 0 Å². The Labute approximate surface area is 166 Å². The Bertz CT molecular complexity index is 1010. The molecule has 9 heteroatoms. The maximum atomic E-state index is 13.1. The number of hydrogen-bond acceptors (Lipinski definition) is 5. The van der Waals surface area contributed by atoms with Crippen molar-refractivity contribution in [3.63, 3.8) is 0 Å². The van der Waals surface area contributed by atoms with Crippen molar-refractivity contribution in [1.82, 2.24) is 9.97 Å². The average Bonchev–Trinajstić information content (AvgIpc) is 3.07. The molecule has 0 aliphatic heterocycles. The zero-order chi connectivity index (χ0) is 20.4. The van der Waals surface area contributed by atoms with E-state index in [1.165, 1.54) is 29.2 Å². The van der Waals surface area contributed by atoms with Crippen molar-refractivity contribution in [2.45, 2.75) is 37.6 Å². The van der Waals surface area contributed by atoms with Crippen LogP contribution in [0.25, 0.3) is 0 Å². The molecule has 0 radical (unpaired) electrons. The molecule has 4 nitrogen and oxygen atoms in total. The van der Waals surface area contributed by atoms with Crippen molar-refractivity contribution in [3.05, 3.63) is 64.5 Å². The first-order valence-corrected chi connectivity index (χ1v) is 11.5. The second-order valence-electron chi connectivity index (χ2n) is 6.61. The first kappa shape index (κ1) is 20.7. The van der Waals surface area contributed by atoms with Crippen LogP contribution in [0.4, 0.5) is 18.3 Å². The van der Waals surface area contributed by atoms with Crippen molar-refractivity contribution >= 4 is 26.2 Å². The molecule has 0 spiro atoms. The van der Waals surface area contributed by atoms with Crippen molar-refractivity contribution in [3.8, 4) is 0 Å². The predicted molar refractivity (Wildman–Crippen MR) is 106 cm³/mol. The second-order valence-corrected chi connectivity index (χ2v) is 10.3. The van der Waals surface area contributed by atoms with E-state index in [0.717, 1.165) is 36.4 Å². The van der Waals surface area contributed by atoms with Gasteiger partial charge in [0.1, 0.15) is 5.69 Å². The first-order valence-electron chi connectivity index (χ1n) is 8.69. The molecule has 3 rings (SSSR count). The maximum Gasteiger partial charge on any atom is 0.433 e. The quantitative estimate of drug-likeness (QED) is 0.600. The molecular weight excluding hydrogens is 407 g/mol. The van der Waals surface area contributed by atoms with Gasteiger partial charge in [-0.25, -0.2) is 9.19 Å². The molecule has 150 valence electrons. The number of pyridine rings is 1. The molecular formula is C19H20F3N3OS2. The number of alkyl halides is 3. The third-order valence-electron chi connectivity index (χ3n) is 4.45. The Morgan fingerprint density at radius 2 is 2.04 bits per heavy atom. The molecule has 28 heavy (non-hydrogen) atoms. The highest BCUT2D eigenvalue weighted by Gasteiger charge is 2.32. The average molecular weight is 428 g/mol. The largest absolute Gasteiger partial charge is 0.433 e. The van der Waals surface area contributed by atoms with Crippen molar-refractivity contribution in [2.24, 2.45) is 4.36 Å². The van der Waals surface area contributed by atoms with Crippen LogP contribution in [0.2, 0.25) is 0 Å². The van der Waals surface area contributed by atoms with Crippen LogP contribution in [-0.4, -0.2) is 20.4 Å². The van der Waals surface area contributed by atoms with Crippen LogP contribution in [0.15, 0.2) is 52.7 Å². The van der Waals surface area contributed by atoms with E-state index in [1.54, 1.807) is 13.1 Å². The van der Waals surface area contributed by atoms with Crippen LogP contribution in [0.1, 0.15) is 41.1 Å². The summed E-state index contributed by atoms with van der Waals surface area (Å²) in [6, 6.07) is 2.20. The van der Waals surface area contributed by atoms with Gasteiger partial charge >= 0.3 is 6.18 Å². The fourth-order valence-corrected chi connectivity index (χ4v) is 5.16. The van der Waals surface area contributed by atoms with Gasteiger partial charge in [-0.05, 0) is 37.0 Å². The normalized spacial score (nSPS) is 17.7. The summed E-state index contributed by atoms with van der Waals surface area (Å²) in [5, 5.41) is -0.173. The van der Waals surface area contributed by atoms with Gasteiger partial charge in [0.2, 0.25) is 5.13 Å². The van der Waals surface area contributed by atoms with E-state index < -0.39 is 26.8 Å². The molecule has 0 aromatic carbocycles. The summed E-state index contributed by atoms with van der Waals surface area (Å²) in [6.45, 7) is 1.67. The van der Waals surface area contributed by atoms with E-state index in [9.17, 15) is 17.4 Å². The summed E-state index contributed by atoms with van der Waals surface area (Å²) in [5.41, 5.74) is 0.694. The van der Waals surface area contributed by atoms with Crippen LogP contribution in [-0.2, 0) is 22.3 Å². The zero-order valence-electron chi connectivity index (χ0n) is 15.4. The standard InChI is InChI=1S/C19H20F3N3OS2/c1-13(15-8-9-17(23-11-15)19(20,21)22)28(2,26)25-18-24-12-16(27-18)10-14-6-4-3-5-7-14/h4,6-9,11-13H,3,5,10H2,1-2H3. The molecule has 0 fully saturated rings. The number of rotatable bonds is 5. The Balaban J connectivity index is 1.78. The van der Waals surface area contributed by atoms with Gasteiger partial charge in [-0.3, -0.25) is 4.98 Å². The number of allylic oxidation sites excluding steroid dienone is 4. The van der Waals surface area contributed by atoms with Crippen LogP contribution >= 0.6 is 11.3 Å². The molecule has 0 saturated heterocycles. The molecule has 2 unspecified atom stereocenters. The minimum atomic E-state index is -4.50. The lowest BCUT2D eigenvalue weighted by atomic mass is 10.0. The minimum Gasteiger partial charge on any atom is -0.251 e. The lowest BCUT2D eigenvalue weighted by Gasteiger charge is -2.14. The third-order valence-corrected chi connectivity index (χ3v) is 7.58. The van der Waals surface area contributed by atoms with Gasteiger partial charge in [-0.1, -0.05) is 35.6 Å². The van der Waals surface area contributed by atoms with Crippen LogP contribution in [0, 0.1) is 0 Å². The minimum absolute atomic E-state index is 0.412. The summed E-state index contributed by atoms with van der Waals surface area (Å²) in [6.07, 6.45) is 9.11. The molecule has 2 aromatic rings. The molecule has 2 aromatic heterocycles. The summed E-state index contributed by atoms with van der Waals surface area (Å²) in [4.78, 5) is 8.71. The van der Waals surface area contributed by atoms with E-state index in [1.807, 2.05) is 0 Å². The molecule has 2 atom stereocenters. The molecule has 0 amide bonds. The highest BCUT2D eigenvalue weighted by Crippen LogP contribution is 2.32. The molecule has 2 heterocycles. The van der Waals surface area contributed by atoms with E-state index >= 15 is 0 Å². The first-order chi connectivity index (χ1) is 13.1. The van der Waals surface area contributed by atoms with E-state index in [2.05, 4.69) is 32.6 Å². The third kappa shape index (κ3) is 5.08. The Kier molecular flexibility index (Phi) is 6.04. The fraction of sp³-hybridized carbons (Fsp3) is 0.368. The number of hydrogen-bond donors (Lipinski definition) is 0. The number of halogens is 3. The van der Waals surface area contributed by atoms with Gasteiger partial charge in [0.15, 0.2) is 0 Å². The fourth-order valence-electron chi connectivity index (χ4n) is 2.72. The lowest BCUT2D eigenvalue weighted by molar-refractivity contribution is -0.141. The Morgan fingerprint density at radius 1 is 1.25 bits per heavy atom. The molecule has 1 aliphatic rings. The van der Waals surface area contributed by atoms with E-state index in [-0.39, 0.29) is 0 Å². The summed E-state index contributed by atoms with van der Waals surface area (Å²) in [5.74, 6) is 0. The number of nitrogens with zero attached hydrogens (tertiary/aromatic N) is 3. The Hall–Kier alpha value is -2.00. The van der Waals surface area contributed by atoms with Gasteiger partial charge in [0, 0.05) is 29.9 Å². The van der Waals surface area contributed by atoms with E-state index in [0.29, 0.717) is 10.7 Å². The maximum absolute atomic E-state index is 13.1. The summed E-state index contributed by atoms with van der Waals surface area (Å²) in [7, 11) is -2.76. The van der Waals surface area contributed by atoms with E-state index in [4.69, 9.17) is 0 Å². The van der Waals surface area contributed by atoms with Crippen LogP contribution in [0.3, 0.4) is 0 Å². The highest BCUT2D eigenvalue weighted by molar-refractivity contribution is 7.93.